The first-order valence-corrected chi connectivity index (χ1v) is 11.0. The van der Waals surface area contributed by atoms with Crippen LogP contribution in [0.4, 0.5) is 0 Å². The van der Waals surface area contributed by atoms with Gasteiger partial charge in [0.2, 0.25) is 0 Å². The van der Waals surface area contributed by atoms with Crippen molar-refractivity contribution in [3.05, 3.63) is 23.8 Å². The van der Waals surface area contributed by atoms with Gasteiger partial charge in [0.15, 0.2) is 11.6 Å². The summed E-state index contributed by atoms with van der Waals surface area (Å²) in [6, 6.07) is 0. The molecule has 5 heteroatoms. The smallest absolute Gasteiger partial charge is 0.190 e. The number of carbonyl (C=O) groups is 2. The number of rotatable bonds is 4. The number of carbonyl (C=O) groups excluding carboxylic acids is 2. The van der Waals surface area contributed by atoms with Gasteiger partial charge in [-0.3, -0.25) is 9.59 Å². The Morgan fingerprint density at radius 3 is 2.76 bits per heavy atom. The molecule has 4 aliphatic rings. The molecule has 4 rings (SSSR count). The largest absolute Gasteiger partial charge is 0.393 e. The molecule has 3 saturated carbocycles. The fraction of sp³-hybridized carbons (Fsp3) is 0.750. The zero-order valence-electron chi connectivity index (χ0n) is 18.0. The molecule has 4 aliphatic carbocycles. The quantitative estimate of drug-likeness (QED) is 0.755. The highest BCUT2D eigenvalue weighted by molar-refractivity contribution is 6.01. The lowest BCUT2D eigenvalue weighted by Crippen LogP contribution is -2.62. The Kier molecular flexibility index (Phi) is 4.96. The molecule has 29 heavy (non-hydrogen) atoms. The van der Waals surface area contributed by atoms with Crippen LogP contribution in [0, 0.1) is 34.5 Å². The lowest BCUT2D eigenvalue weighted by molar-refractivity contribution is -0.184. The lowest BCUT2D eigenvalue weighted by atomic mass is 9.46. The summed E-state index contributed by atoms with van der Waals surface area (Å²) in [5.41, 5.74) is -1.37. The number of aliphatic hydroxyl groups is 2. The van der Waals surface area contributed by atoms with Crippen molar-refractivity contribution in [3.63, 3.8) is 0 Å². The highest BCUT2D eigenvalue weighted by Gasteiger charge is 2.70. The van der Waals surface area contributed by atoms with Crippen LogP contribution in [-0.4, -0.2) is 46.7 Å². The third kappa shape index (κ3) is 2.70. The van der Waals surface area contributed by atoms with Crippen molar-refractivity contribution in [2.24, 2.45) is 34.5 Å². The van der Waals surface area contributed by atoms with Crippen LogP contribution in [0.3, 0.4) is 0 Å². The summed E-state index contributed by atoms with van der Waals surface area (Å²) in [5, 5.41) is 23.1. The van der Waals surface area contributed by atoms with Crippen molar-refractivity contribution in [1.82, 2.24) is 0 Å². The number of fused-ring (bicyclic) bond motifs is 5. The van der Waals surface area contributed by atoms with Crippen LogP contribution in [0.25, 0.3) is 0 Å². The van der Waals surface area contributed by atoms with Gasteiger partial charge < -0.3 is 14.9 Å². The van der Waals surface area contributed by atoms with Crippen LogP contribution in [0.15, 0.2) is 23.8 Å². The molecule has 0 aromatic heterocycles. The fourth-order valence-corrected chi connectivity index (χ4v) is 7.56. The van der Waals surface area contributed by atoms with Crippen molar-refractivity contribution in [3.8, 4) is 0 Å². The van der Waals surface area contributed by atoms with Gasteiger partial charge in [-0.2, -0.15) is 0 Å². The van der Waals surface area contributed by atoms with Crippen LogP contribution in [0.5, 0.6) is 0 Å². The molecule has 0 aromatic rings. The molecule has 0 aliphatic heterocycles. The molecule has 5 nitrogen and oxygen atoms in total. The van der Waals surface area contributed by atoms with E-state index in [1.807, 2.05) is 26.8 Å². The van der Waals surface area contributed by atoms with E-state index in [2.05, 4.69) is 6.92 Å². The first kappa shape index (κ1) is 21.0. The Bertz CT molecular complexity index is 784. The van der Waals surface area contributed by atoms with E-state index >= 15 is 0 Å². The maximum atomic E-state index is 13.1. The average molecular weight is 403 g/mol. The molecule has 0 spiro atoms. The van der Waals surface area contributed by atoms with Crippen molar-refractivity contribution in [2.45, 2.75) is 65.1 Å². The van der Waals surface area contributed by atoms with Gasteiger partial charge in [-0.1, -0.05) is 32.4 Å². The van der Waals surface area contributed by atoms with E-state index in [-0.39, 0.29) is 47.3 Å². The summed E-state index contributed by atoms with van der Waals surface area (Å²) in [6.07, 6.45) is 7.60. The van der Waals surface area contributed by atoms with Gasteiger partial charge in [0.05, 0.1) is 6.10 Å². The minimum Gasteiger partial charge on any atom is -0.393 e. The molecule has 3 fully saturated rings. The number of aliphatic hydroxyl groups excluding tert-OH is 1. The molecule has 0 unspecified atom stereocenters. The van der Waals surface area contributed by atoms with E-state index in [1.54, 1.807) is 12.2 Å². The van der Waals surface area contributed by atoms with Crippen LogP contribution in [0.1, 0.15) is 53.4 Å². The average Bonchev–Trinajstić information content (AvgIpc) is 2.87. The molecular weight excluding hydrogens is 368 g/mol. The molecule has 0 saturated heterocycles. The van der Waals surface area contributed by atoms with Crippen LogP contribution < -0.4 is 0 Å². The van der Waals surface area contributed by atoms with Gasteiger partial charge >= 0.3 is 0 Å². The standard InChI is InChI=1S/C24H34O5/c1-5-29-13-20(27)24(28)14(2)10-18-17-7-6-15-11-16(25)8-9-22(15,3)21(17)19(26)12-23(18,24)4/h8-9,11,14,17-19,21,26,28H,5-7,10,12-13H2,1-4H3/t14-,17+,18+,19+,21-,22+,23+,24+/m1/s1. The van der Waals surface area contributed by atoms with E-state index in [1.165, 1.54) is 0 Å². The Morgan fingerprint density at radius 1 is 1.34 bits per heavy atom. The maximum Gasteiger partial charge on any atom is 0.190 e. The fourth-order valence-electron chi connectivity index (χ4n) is 7.56. The molecule has 0 radical (unpaired) electrons. The highest BCUT2D eigenvalue weighted by atomic mass is 16.5. The third-order valence-corrected chi connectivity index (χ3v) is 8.94. The van der Waals surface area contributed by atoms with E-state index in [9.17, 15) is 19.8 Å². The monoisotopic (exact) mass is 402 g/mol. The molecule has 0 bridgehead atoms. The van der Waals surface area contributed by atoms with Gasteiger partial charge in [-0.05, 0) is 62.5 Å². The summed E-state index contributed by atoms with van der Waals surface area (Å²) in [5.74, 6) is -0.0400. The summed E-state index contributed by atoms with van der Waals surface area (Å²) in [6.45, 7) is 8.28. The van der Waals surface area contributed by atoms with E-state index in [0.29, 0.717) is 13.0 Å². The molecule has 2 N–H and O–H groups in total. The minimum absolute atomic E-state index is 0.00136. The predicted molar refractivity (Wildman–Crippen MR) is 109 cm³/mol. The van der Waals surface area contributed by atoms with Crippen molar-refractivity contribution >= 4 is 11.6 Å². The first-order valence-electron chi connectivity index (χ1n) is 11.0. The van der Waals surface area contributed by atoms with E-state index in [4.69, 9.17) is 4.74 Å². The van der Waals surface area contributed by atoms with Gasteiger partial charge in [0, 0.05) is 23.4 Å². The van der Waals surface area contributed by atoms with Crippen molar-refractivity contribution in [1.29, 1.82) is 0 Å². The highest BCUT2D eigenvalue weighted by Crippen LogP contribution is 2.68. The topological polar surface area (TPSA) is 83.8 Å². The van der Waals surface area contributed by atoms with Gasteiger partial charge in [0.25, 0.3) is 0 Å². The van der Waals surface area contributed by atoms with Gasteiger partial charge in [0.1, 0.15) is 12.2 Å². The maximum absolute atomic E-state index is 13.1. The third-order valence-electron chi connectivity index (χ3n) is 8.94. The number of hydrogen-bond acceptors (Lipinski definition) is 5. The predicted octanol–water partition coefficient (Wildman–Crippen LogP) is 2.85. The Morgan fingerprint density at radius 2 is 2.07 bits per heavy atom. The Balaban J connectivity index is 1.72. The number of ketones is 2. The van der Waals surface area contributed by atoms with E-state index in [0.717, 1.165) is 24.8 Å². The second kappa shape index (κ2) is 6.86. The van der Waals surface area contributed by atoms with Crippen molar-refractivity contribution in [2.75, 3.05) is 13.2 Å². The summed E-state index contributed by atoms with van der Waals surface area (Å²) in [4.78, 5) is 25.0. The summed E-state index contributed by atoms with van der Waals surface area (Å²) in [7, 11) is 0. The molecule has 160 valence electrons. The van der Waals surface area contributed by atoms with Gasteiger partial charge in [-0.15, -0.1) is 0 Å². The second-order valence-electron chi connectivity index (χ2n) is 10.2. The molecule has 0 heterocycles. The zero-order valence-corrected chi connectivity index (χ0v) is 18.0. The molecular formula is C24H34O5. The van der Waals surface area contributed by atoms with Crippen molar-refractivity contribution < 1.29 is 24.5 Å². The normalized spacial score (nSPS) is 48.6. The van der Waals surface area contributed by atoms with Gasteiger partial charge in [-0.25, -0.2) is 0 Å². The van der Waals surface area contributed by atoms with E-state index < -0.39 is 17.1 Å². The number of ether oxygens (including phenoxy) is 1. The Hall–Kier alpha value is -1.30. The molecule has 0 amide bonds. The SMILES string of the molecule is CCOCC(=O)[C@@]1(O)[C@H](C)C[C@H]2[C@@H]3CCC4=CC(=O)C=C[C@]4(C)[C@H]3[C@@H](O)C[C@@]21C. The Labute approximate surface area is 173 Å². The first-order chi connectivity index (χ1) is 13.6. The number of Topliss-reactive ketones (excluding diaryl/α,β-unsaturated/α-hetero) is 1. The lowest BCUT2D eigenvalue weighted by Gasteiger charge is -2.59. The van der Waals surface area contributed by atoms with Crippen LogP contribution >= 0.6 is 0 Å². The summed E-state index contributed by atoms with van der Waals surface area (Å²) >= 11 is 0. The number of hydrogen-bond donors (Lipinski definition) is 2. The zero-order chi connectivity index (χ0) is 21.2. The second-order valence-corrected chi connectivity index (χ2v) is 10.2. The summed E-state index contributed by atoms with van der Waals surface area (Å²) < 4.78 is 5.36. The minimum atomic E-state index is -1.48. The van der Waals surface area contributed by atoms with Crippen LogP contribution in [-0.2, 0) is 14.3 Å². The van der Waals surface area contributed by atoms with Crippen LogP contribution in [0.2, 0.25) is 0 Å². The number of allylic oxidation sites excluding steroid dienone is 4. The molecule has 0 aromatic carbocycles. The molecule has 8 atom stereocenters.